The highest BCUT2D eigenvalue weighted by atomic mass is 32.1. The Kier molecular flexibility index (Phi) is 5.02. The Labute approximate surface area is 124 Å². The molecule has 1 aromatic rings. The van der Waals surface area contributed by atoms with Crippen molar-refractivity contribution in [3.8, 4) is 0 Å². The van der Waals surface area contributed by atoms with Crippen molar-refractivity contribution in [2.45, 2.75) is 58.9 Å². The third-order valence-corrected chi connectivity index (χ3v) is 4.55. The number of hydrogen-bond donors (Lipinski definition) is 1. The van der Waals surface area contributed by atoms with Crippen molar-refractivity contribution in [2.75, 3.05) is 11.9 Å². The molecule has 1 heterocycles. The summed E-state index contributed by atoms with van der Waals surface area (Å²) < 4.78 is 5.13. The molecule has 1 aliphatic carbocycles. The first-order valence-electron chi connectivity index (χ1n) is 7.44. The molecule has 2 rings (SSSR count). The SMILES string of the molecule is CCOC(=O)C1CCc2sc(NC(C)CC(C)C)nc21. The van der Waals surface area contributed by atoms with Crippen LogP contribution in [0.25, 0.3) is 0 Å². The van der Waals surface area contributed by atoms with Crippen molar-refractivity contribution in [3.63, 3.8) is 0 Å². The van der Waals surface area contributed by atoms with Gasteiger partial charge in [0, 0.05) is 10.9 Å². The average molecular weight is 296 g/mol. The van der Waals surface area contributed by atoms with Gasteiger partial charge in [0.1, 0.15) is 5.92 Å². The zero-order valence-corrected chi connectivity index (χ0v) is 13.5. The fraction of sp³-hybridized carbons (Fsp3) is 0.733. The van der Waals surface area contributed by atoms with Crippen LogP contribution in [0.1, 0.15) is 57.0 Å². The number of nitrogens with one attached hydrogen (secondary N) is 1. The molecule has 1 aliphatic rings. The minimum Gasteiger partial charge on any atom is -0.465 e. The summed E-state index contributed by atoms with van der Waals surface area (Å²) in [6.45, 7) is 8.89. The quantitative estimate of drug-likeness (QED) is 0.815. The van der Waals surface area contributed by atoms with Crippen LogP contribution >= 0.6 is 11.3 Å². The van der Waals surface area contributed by atoms with Crippen LogP contribution in [0, 0.1) is 5.92 Å². The molecule has 0 bridgehead atoms. The lowest BCUT2D eigenvalue weighted by molar-refractivity contribution is -0.145. The van der Waals surface area contributed by atoms with Gasteiger partial charge in [-0.1, -0.05) is 13.8 Å². The molecular weight excluding hydrogens is 272 g/mol. The molecule has 0 fully saturated rings. The molecule has 0 aliphatic heterocycles. The molecule has 1 N–H and O–H groups in total. The second-order valence-corrected chi connectivity index (χ2v) is 6.93. The largest absolute Gasteiger partial charge is 0.465 e. The number of rotatable bonds is 6. The number of ether oxygens (including phenoxy) is 1. The van der Waals surface area contributed by atoms with E-state index in [1.54, 1.807) is 11.3 Å². The van der Waals surface area contributed by atoms with E-state index >= 15 is 0 Å². The van der Waals surface area contributed by atoms with E-state index in [1.807, 2.05) is 6.92 Å². The van der Waals surface area contributed by atoms with Crippen molar-refractivity contribution < 1.29 is 9.53 Å². The van der Waals surface area contributed by atoms with Crippen LogP contribution in [0.5, 0.6) is 0 Å². The summed E-state index contributed by atoms with van der Waals surface area (Å²) in [5, 5.41) is 4.39. The molecule has 1 aromatic heterocycles. The van der Waals surface area contributed by atoms with Crippen LogP contribution in [0.15, 0.2) is 0 Å². The van der Waals surface area contributed by atoms with Gasteiger partial charge in [0.15, 0.2) is 5.13 Å². The van der Waals surface area contributed by atoms with E-state index in [1.165, 1.54) is 4.88 Å². The maximum absolute atomic E-state index is 11.9. The van der Waals surface area contributed by atoms with Gasteiger partial charge < -0.3 is 10.1 Å². The number of hydrogen-bond acceptors (Lipinski definition) is 5. The molecule has 2 unspecified atom stereocenters. The number of esters is 1. The van der Waals surface area contributed by atoms with E-state index in [-0.39, 0.29) is 11.9 Å². The van der Waals surface area contributed by atoms with Gasteiger partial charge in [0.25, 0.3) is 0 Å². The van der Waals surface area contributed by atoms with Gasteiger partial charge in [-0.3, -0.25) is 4.79 Å². The predicted octanol–water partition coefficient (Wildman–Crippen LogP) is 3.58. The van der Waals surface area contributed by atoms with Gasteiger partial charge in [-0.15, -0.1) is 11.3 Å². The lowest BCUT2D eigenvalue weighted by atomic mass is 10.1. The highest BCUT2D eigenvalue weighted by Crippen LogP contribution is 2.39. The monoisotopic (exact) mass is 296 g/mol. The average Bonchev–Trinajstić information content (AvgIpc) is 2.86. The summed E-state index contributed by atoms with van der Waals surface area (Å²) in [5.74, 6) is 0.382. The summed E-state index contributed by atoms with van der Waals surface area (Å²) in [6.07, 6.45) is 2.90. The Hall–Kier alpha value is -1.10. The number of carbonyl (C=O) groups is 1. The molecule has 0 amide bonds. The Morgan fingerprint density at radius 1 is 1.50 bits per heavy atom. The van der Waals surface area contributed by atoms with Crippen molar-refractivity contribution >= 4 is 22.4 Å². The number of thiazole rings is 1. The number of nitrogens with zero attached hydrogens (tertiary/aromatic N) is 1. The first-order valence-corrected chi connectivity index (χ1v) is 8.25. The fourth-order valence-electron chi connectivity index (χ4n) is 2.74. The van der Waals surface area contributed by atoms with Crippen molar-refractivity contribution in [1.29, 1.82) is 0 Å². The van der Waals surface area contributed by atoms with Gasteiger partial charge in [0.2, 0.25) is 0 Å². The van der Waals surface area contributed by atoms with Crippen molar-refractivity contribution in [1.82, 2.24) is 4.98 Å². The molecule has 0 aromatic carbocycles. The second-order valence-electron chi connectivity index (χ2n) is 5.85. The van der Waals surface area contributed by atoms with E-state index in [4.69, 9.17) is 4.74 Å². The van der Waals surface area contributed by atoms with E-state index in [0.717, 1.165) is 30.1 Å². The highest BCUT2D eigenvalue weighted by molar-refractivity contribution is 7.15. The maximum Gasteiger partial charge on any atom is 0.315 e. The van der Waals surface area contributed by atoms with Gasteiger partial charge in [-0.25, -0.2) is 4.98 Å². The van der Waals surface area contributed by atoms with E-state index in [0.29, 0.717) is 18.6 Å². The Balaban J connectivity index is 2.03. The van der Waals surface area contributed by atoms with Crippen LogP contribution in [0.4, 0.5) is 5.13 Å². The van der Waals surface area contributed by atoms with Gasteiger partial charge in [-0.2, -0.15) is 0 Å². The van der Waals surface area contributed by atoms with Gasteiger partial charge in [0.05, 0.1) is 12.3 Å². The number of aromatic nitrogens is 1. The zero-order chi connectivity index (χ0) is 14.7. The summed E-state index contributed by atoms with van der Waals surface area (Å²) in [7, 11) is 0. The summed E-state index contributed by atoms with van der Waals surface area (Å²) >= 11 is 1.69. The van der Waals surface area contributed by atoms with E-state index in [9.17, 15) is 4.79 Å². The first-order chi connectivity index (χ1) is 9.51. The molecule has 20 heavy (non-hydrogen) atoms. The highest BCUT2D eigenvalue weighted by Gasteiger charge is 2.33. The smallest absolute Gasteiger partial charge is 0.315 e. The number of anilines is 1. The van der Waals surface area contributed by atoms with Crippen LogP contribution in [-0.4, -0.2) is 23.6 Å². The van der Waals surface area contributed by atoms with Crippen LogP contribution < -0.4 is 5.32 Å². The molecule has 5 heteroatoms. The predicted molar refractivity (Wildman–Crippen MR) is 82.3 cm³/mol. The lowest BCUT2D eigenvalue weighted by Crippen LogP contribution is -2.18. The standard InChI is InChI=1S/C15H24N2O2S/c1-5-19-14(18)11-6-7-12-13(11)17-15(20-12)16-10(4)8-9(2)3/h9-11H,5-8H2,1-4H3,(H,16,17). The summed E-state index contributed by atoms with van der Waals surface area (Å²) in [4.78, 5) is 17.8. The van der Waals surface area contributed by atoms with Crippen LogP contribution in [-0.2, 0) is 16.0 Å². The first kappa shape index (κ1) is 15.3. The van der Waals surface area contributed by atoms with Gasteiger partial charge in [-0.05, 0) is 39.0 Å². The Bertz CT molecular complexity index is 470. The summed E-state index contributed by atoms with van der Waals surface area (Å²) in [6, 6.07) is 0.405. The van der Waals surface area contributed by atoms with E-state index in [2.05, 4.69) is 31.1 Å². The summed E-state index contributed by atoms with van der Waals surface area (Å²) in [5.41, 5.74) is 0.938. The third kappa shape index (κ3) is 3.51. The zero-order valence-electron chi connectivity index (χ0n) is 12.7. The second kappa shape index (κ2) is 6.57. The van der Waals surface area contributed by atoms with Crippen LogP contribution in [0.3, 0.4) is 0 Å². The lowest BCUT2D eigenvalue weighted by Gasteiger charge is -2.15. The van der Waals surface area contributed by atoms with Crippen molar-refractivity contribution in [3.05, 3.63) is 10.6 Å². The number of carbonyl (C=O) groups excluding carboxylic acids is 1. The minimum atomic E-state index is -0.155. The molecule has 2 atom stereocenters. The molecular formula is C15H24N2O2S. The van der Waals surface area contributed by atoms with E-state index < -0.39 is 0 Å². The number of aryl methyl sites for hydroxylation is 1. The molecule has 4 nitrogen and oxygen atoms in total. The molecule has 0 radical (unpaired) electrons. The molecule has 0 spiro atoms. The third-order valence-electron chi connectivity index (χ3n) is 3.48. The van der Waals surface area contributed by atoms with Crippen molar-refractivity contribution in [2.24, 2.45) is 5.92 Å². The molecule has 112 valence electrons. The number of fused-ring (bicyclic) bond motifs is 1. The maximum atomic E-state index is 11.9. The molecule has 0 saturated heterocycles. The minimum absolute atomic E-state index is 0.127. The topological polar surface area (TPSA) is 51.2 Å². The fourth-order valence-corrected chi connectivity index (χ4v) is 3.89. The van der Waals surface area contributed by atoms with Crippen LogP contribution in [0.2, 0.25) is 0 Å². The van der Waals surface area contributed by atoms with Gasteiger partial charge >= 0.3 is 5.97 Å². The normalized spacial score (nSPS) is 18.9. The Morgan fingerprint density at radius 3 is 2.90 bits per heavy atom. The molecule has 0 saturated carbocycles. The Morgan fingerprint density at radius 2 is 2.25 bits per heavy atom.